The number of rotatable bonds is 4. The quantitative estimate of drug-likeness (QED) is 0.320. The molecule has 78 valence electrons. The smallest absolute Gasteiger partial charge is 0.0270 e. The van der Waals surface area contributed by atoms with Crippen molar-refractivity contribution in [3.63, 3.8) is 0 Å². The van der Waals surface area contributed by atoms with Crippen LogP contribution in [0.15, 0.2) is 29.4 Å². The molecule has 1 heterocycles. The molecule has 0 saturated carbocycles. The minimum Gasteiger partial charge on any atom is -0.295 e. The van der Waals surface area contributed by atoms with Gasteiger partial charge in [-0.05, 0) is 29.6 Å². The highest BCUT2D eigenvalue weighted by Gasteiger charge is 2.16. The van der Waals surface area contributed by atoms with Crippen LogP contribution in [0.5, 0.6) is 0 Å². The fraction of sp³-hybridized carbons (Fsp3) is 0.455. The Morgan fingerprint density at radius 2 is 1.93 bits per heavy atom. The summed E-state index contributed by atoms with van der Waals surface area (Å²) in [6, 6.07) is 8.54. The zero-order valence-electron chi connectivity index (χ0n) is 8.63. The van der Waals surface area contributed by atoms with Crippen molar-refractivity contribution in [1.82, 2.24) is 4.90 Å². The monoisotopic (exact) mass is 202 g/mol. The Balaban J connectivity index is 1.83. The summed E-state index contributed by atoms with van der Waals surface area (Å²) in [7, 11) is 0. The molecule has 0 saturated heterocycles. The van der Waals surface area contributed by atoms with E-state index in [1.165, 1.54) is 11.1 Å². The molecule has 0 radical (unpaired) electrons. The number of azide groups is 1. The van der Waals surface area contributed by atoms with Crippen LogP contribution in [0.4, 0.5) is 0 Å². The van der Waals surface area contributed by atoms with Gasteiger partial charge in [-0.25, -0.2) is 0 Å². The predicted molar refractivity (Wildman–Crippen MR) is 59.2 cm³/mol. The lowest BCUT2D eigenvalue weighted by atomic mass is 10.1. The first kappa shape index (κ1) is 10.0. The maximum absolute atomic E-state index is 8.14. The maximum atomic E-state index is 8.14. The number of fused-ring (bicyclic) bond motifs is 1. The second kappa shape index (κ2) is 4.82. The van der Waals surface area contributed by atoms with Crippen LogP contribution in [0.2, 0.25) is 0 Å². The first-order valence-electron chi connectivity index (χ1n) is 5.20. The molecule has 0 bridgehead atoms. The highest BCUT2D eigenvalue weighted by Crippen LogP contribution is 2.21. The van der Waals surface area contributed by atoms with Gasteiger partial charge in [0.15, 0.2) is 0 Å². The van der Waals surface area contributed by atoms with E-state index in [-0.39, 0.29) is 0 Å². The van der Waals surface area contributed by atoms with Crippen LogP contribution in [-0.4, -0.2) is 18.0 Å². The third kappa shape index (κ3) is 2.49. The molecule has 0 atom stereocenters. The molecule has 1 aromatic rings. The van der Waals surface area contributed by atoms with E-state index in [0.717, 1.165) is 26.1 Å². The molecular formula is C11H14N4. The fourth-order valence-electron chi connectivity index (χ4n) is 1.97. The molecule has 2 rings (SSSR count). The zero-order chi connectivity index (χ0) is 10.5. The van der Waals surface area contributed by atoms with Gasteiger partial charge in [0.05, 0.1) is 0 Å². The first-order valence-corrected chi connectivity index (χ1v) is 5.20. The summed E-state index contributed by atoms with van der Waals surface area (Å²) in [5.41, 5.74) is 11.0. The number of benzene rings is 1. The Hall–Kier alpha value is -1.51. The average molecular weight is 202 g/mol. The normalized spacial score (nSPS) is 14.7. The summed E-state index contributed by atoms with van der Waals surface area (Å²) in [5.74, 6) is 0. The molecule has 0 aromatic heterocycles. The molecule has 4 nitrogen and oxygen atoms in total. The van der Waals surface area contributed by atoms with Crippen molar-refractivity contribution < 1.29 is 0 Å². The van der Waals surface area contributed by atoms with Crippen LogP contribution in [0.3, 0.4) is 0 Å². The Morgan fingerprint density at radius 3 is 2.53 bits per heavy atom. The summed E-state index contributed by atoms with van der Waals surface area (Å²) in [6.45, 7) is 3.68. The second-order valence-electron chi connectivity index (χ2n) is 3.79. The van der Waals surface area contributed by atoms with E-state index >= 15 is 0 Å². The molecule has 15 heavy (non-hydrogen) atoms. The van der Waals surface area contributed by atoms with Gasteiger partial charge in [-0.1, -0.05) is 29.4 Å². The van der Waals surface area contributed by atoms with E-state index in [0.29, 0.717) is 6.54 Å². The number of hydrogen-bond acceptors (Lipinski definition) is 2. The molecule has 0 spiro atoms. The topological polar surface area (TPSA) is 52.0 Å². The van der Waals surface area contributed by atoms with Gasteiger partial charge in [0.25, 0.3) is 0 Å². The molecular weight excluding hydrogens is 188 g/mol. The van der Waals surface area contributed by atoms with Crippen LogP contribution in [0, 0.1) is 0 Å². The van der Waals surface area contributed by atoms with Gasteiger partial charge < -0.3 is 0 Å². The van der Waals surface area contributed by atoms with Gasteiger partial charge in [-0.2, -0.15) is 0 Å². The van der Waals surface area contributed by atoms with Crippen LogP contribution >= 0.6 is 0 Å². The van der Waals surface area contributed by atoms with Gasteiger partial charge in [0.2, 0.25) is 0 Å². The van der Waals surface area contributed by atoms with Crippen molar-refractivity contribution >= 4 is 0 Å². The SMILES string of the molecule is [N-]=[N+]=NCCCN1Cc2ccccc2C1. The van der Waals surface area contributed by atoms with Gasteiger partial charge in [-0.15, -0.1) is 0 Å². The van der Waals surface area contributed by atoms with Crippen molar-refractivity contribution in [2.75, 3.05) is 13.1 Å². The summed E-state index contributed by atoms with van der Waals surface area (Å²) >= 11 is 0. The fourth-order valence-corrected chi connectivity index (χ4v) is 1.97. The Morgan fingerprint density at radius 1 is 1.27 bits per heavy atom. The highest BCUT2D eigenvalue weighted by atomic mass is 15.2. The van der Waals surface area contributed by atoms with Crippen molar-refractivity contribution in [2.45, 2.75) is 19.5 Å². The lowest BCUT2D eigenvalue weighted by Crippen LogP contribution is -2.18. The molecule has 0 N–H and O–H groups in total. The summed E-state index contributed by atoms with van der Waals surface area (Å²) < 4.78 is 0. The van der Waals surface area contributed by atoms with E-state index in [4.69, 9.17) is 5.53 Å². The van der Waals surface area contributed by atoms with E-state index in [1.54, 1.807) is 0 Å². The molecule has 0 fully saturated rings. The van der Waals surface area contributed by atoms with Crippen LogP contribution in [0.25, 0.3) is 10.4 Å². The lowest BCUT2D eigenvalue weighted by molar-refractivity contribution is 0.282. The number of nitrogens with zero attached hydrogens (tertiary/aromatic N) is 4. The maximum Gasteiger partial charge on any atom is 0.0270 e. The van der Waals surface area contributed by atoms with Gasteiger partial charge in [-0.3, -0.25) is 4.90 Å². The van der Waals surface area contributed by atoms with Gasteiger partial charge in [0, 0.05) is 24.5 Å². The average Bonchev–Trinajstić information content (AvgIpc) is 2.67. The van der Waals surface area contributed by atoms with Crippen molar-refractivity contribution in [3.05, 3.63) is 45.8 Å². The van der Waals surface area contributed by atoms with Gasteiger partial charge >= 0.3 is 0 Å². The zero-order valence-corrected chi connectivity index (χ0v) is 8.63. The first-order chi connectivity index (χ1) is 7.40. The molecule has 1 aliphatic rings. The molecule has 1 aliphatic heterocycles. The molecule has 1 aromatic carbocycles. The Labute approximate surface area is 89.1 Å². The van der Waals surface area contributed by atoms with Crippen LogP contribution in [-0.2, 0) is 13.1 Å². The molecule has 0 aliphatic carbocycles. The molecule has 4 heteroatoms. The molecule has 0 unspecified atom stereocenters. The van der Waals surface area contributed by atoms with Crippen LogP contribution in [0.1, 0.15) is 17.5 Å². The third-order valence-electron chi connectivity index (χ3n) is 2.70. The van der Waals surface area contributed by atoms with Gasteiger partial charge in [0.1, 0.15) is 0 Å². The van der Waals surface area contributed by atoms with E-state index in [2.05, 4.69) is 39.2 Å². The summed E-state index contributed by atoms with van der Waals surface area (Å²) in [6.07, 6.45) is 0.943. The number of hydrogen-bond donors (Lipinski definition) is 0. The lowest BCUT2D eigenvalue weighted by Gasteiger charge is -2.13. The van der Waals surface area contributed by atoms with Crippen molar-refractivity contribution in [1.29, 1.82) is 0 Å². The minimum atomic E-state index is 0.601. The Bertz CT molecular complexity index is 357. The van der Waals surface area contributed by atoms with E-state index in [9.17, 15) is 0 Å². The summed E-state index contributed by atoms with van der Waals surface area (Å²) in [4.78, 5) is 5.13. The Kier molecular flexibility index (Phi) is 3.22. The largest absolute Gasteiger partial charge is 0.295 e. The predicted octanol–water partition coefficient (Wildman–Crippen LogP) is 2.70. The second-order valence-corrected chi connectivity index (χ2v) is 3.79. The third-order valence-corrected chi connectivity index (χ3v) is 2.70. The standard InChI is InChI=1S/C11H14N4/c12-14-13-6-3-7-15-8-10-4-1-2-5-11(10)9-15/h1-2,4-5H,3,6-9H2. The van der Waals surface area contributed by atoms with Crippen molar-refractivity contribution in [2.24, 2.45) is 5.11 Å². The van der Waals surface area contributed by atoms with Crippen molar-refractivity contribution in [3.8, 4) is 0 Å². The minimum absolute atomic E-state index is 0.601. The molecule has 0 amide bonds. The summed E-state index contributed by atoms with van der Waals surface area (Å²) in [5, 5.41) is 3.54. The van der Waals surface area contributed by atoms with E-state index < -0.39 is 0 Å². The highest BCUT2D eigenvalue weighted by molar-refractivity contribution is 5.30. The van der Waals surface area contributed by atoms with E-state index in [1.807, 2.05) is 0 Å². The van der Waals surface area contributed by atoms with Crippen LogP contribution < -0.4 is 0 Å².